The standard InChI is InChI=1S/C38H66N6O5/c1-10-14-32(43-38(49)34(27(8)11-2)44-36(47)30-19-21-39-22-20-30)37(48)42-31(23-26(6)7)24-41-28(9)33(45)16-13-15-29(18-17-25(4)5)35(46)40-12-3/h19-22,25-29,31-32,34,41H,10-18,23-24H2,1-9H3,(H,40,46)(H,42,48)(H,43,49)(H,44,47)/t27-,28-,29-,31-,32-,34-/m0/s1. The normalized spacial score (nSPS) is 15.1. The number of hydrogen-bond acceptors (Lipinski definition) is 7. The summed E-state index contributed by atoms with van der Waals surface area (Å²) in [7, 11) is 0. The molecule has 0 aliphatic rings. The molecular weight excluding hydrogens is 620 g/mol. The van der Waals surface area contributed by atoms with Gasteiger partial charge in [-0.25, -0.2) is 0 Å². The van der Waals surface area contributed by atoms with Gasteiger partial charge in [-0.05, 0) is 75.8 Å². The smallest absolute Gasteiger partial charge is 0.252 e. The monoisotopic (exact) mass is 687 g/mol. The third-order valence-corrected chi connectivity index (χ3v) is 8.98. The van der Waals surface area contributed by atoms with Crippen LogP contribution in [0.2, 0.25) is 0 Å². The lowest BCUT2D eigenvalue weighted by Gasteiger charge is -2.28. The Bertz CT molecular complexity index is 1140. The number of carbonyl (C=O) groups is 5. The highest BCUT2D eigenvalue weighted by atomic mass is 16.2. The van der Waals surface area contributed by atoms with E-state index in [1.807, 2.05) is 34.6 Å². The van der Waals surface area contributed by atoms with Gasteiger partial charge in [0.05, 0.1) is 6.04 Å². The second-order valence-corrected chi connectivity index (χ2v) is 14.3. The van der Waals surface area contributed by atoms with Crippen molar-refractivity contribution in [2.45, 2.75) is 144 Å². The molecular formula is C38H66N6O5. The predicted octanol–water partition coefficient (Wildman–Crippen LogP) is 4.95. The molecule has 6 atom stereocenters. The third kappa shape index (κ3) is 17.2. The average molecular weight is 687 g/mol. The number of carbonyl (C=O) groups excluding carboxylic acids is 5. The Labute approximate surface area is 295 Å². The number of nitrogens with zero attached hydrogens (tertiary/aromatic N) is 1. The van der Waals surface area contributed by atoms with Crippen LogP contribution >= 0.6 is 0 Å². The second-order valence-electron chi connectivity index (χ2n) is 14.3. The first-order valence-electron chi connectivity index (χ1n) is 18.6. The maximum atomic E-state index is 13.6. The minimum absolute atomic E-state index is 0.0664. The Morgan fingerprint density at radius 3 is 2.00 bits per heavy atom. The van der Waals surface area contributed by atoms with Crippen molar-refractivity contribution in [2.75, 3.05) is 13.1 Å². The van der Waals surface area contributed by atoms with E-state index in [0.717, 1.165) is 12.8 Å². The molecule has 1 heterocycles. The molecule has 11 heteroatoms. The minimum atomic E-state index is -0.815. The summed E-state index contributed by atoms with van der Waals surface area (Å²) in [6.45, 7) is 19.0. The number of pyridine rings is 1. The zero-order chi connectivity index (χ0) is 36.9. The lowest BCUT2D eigenvalue weighted by Crippen LogP contribution is -2.57. The fraction of sp³-hybridized carbons (Fsp3) is 0.737. The number of hydrogen-bond donors (Lipinski definition) is 5. The minimum Gasteiger partial charge on any atom is -0.356 e. The summed E-state index contributed by atoms with van der Waals surface area (Å²) < 4.78 is 0. The van der Waals surface area contributed by atoms with Gasteiger partial charge in [0.15, 0.2) is 0 Å². The first-order chi connectivity index (χ1) is 23.2. The number of amides is 4. The Kier molecular flexibility index (Phi) is 21.3. The average Bonchev–Trinajstić information content (AvgIpc) is 3.06. The molecule has 0 saturated carbocycles. The quantitative estimate of drug-likeness (QED) is 0.0974. The van der Waals surface area contributed by atoms with Crippen LogP contribution in [0.25, 0.3) is 0 Å². The molecule has 5 N–H and O–H groups in total. The number of Topliss-reactive ketones (excluding diaryl/α,β-unsaturated/α-hetero) is 1. The highest BCUT2D eigenvalue weighted by Crippen LogP contribution is 2.19. The fourth-order valence-electron chi connectivity index (χ4n) is 5.74. The maximum Gasteiger partial charge on any atom is 0.252 e. The van der Waals surface area contributed by atoms with E-state index in [4.69, 9.17) is 0 Å². The Balaban J connectivity index is 2.85. The van der Waals surface area contributed by atoms with Crippen molar-refractivity contribution in [2.24, 2.45) is 23.7 Å². The molecule has 49 heavy (non-hydrogen) atoms. The van der Waals surface area contributed by atoms with Crippen molar-refractivity contribution in [1.82, 2.24) is 31.6 Å². The van der Waals surface area contributed by atoms with Crippen LogP contribution in [-0.2, 0) is 19.2 Å². The summed E-state index contributed by atoms with van der Waals surface area (Å²) in [6, 6.07) is 0.924. The van der Waals surface area contributed by atoms with Crippen LogP contribution in [0.1, 0.15) is 130 Å². The number of ketones is 1. The lowest BCUT2D eigenvalue weighted by molar-refractivity contribution is -0.131. The molecule has 1 rings (SSSR count). The van der Waals surface area contributed by atoms with E-state index in [-0.39, 0.29) is 47.3 Å². The molecule has 4 amide bonds. The zero-order valence-corrected chi connectivity index (χ0v) is 31.7. The van der Waals surface area contributed by atoms with E-state index in [0.29, 0.717) is 69.5 Å². The van der Waals surface area contributed by atoms with Gasteiger partial charge >= 0.3 is 0 Å². The Morgan fingerprint density at radius 1 is 0.755 bits per heavy atom. The number of nitrogens with one attached hydrogen (secondary N) is 5. The van der Waals surface area contributed by atoms with Gasteiger partial charge in [0.25, 0.3) is 5.91 Å². The van der Waals surface area contributed by atoms with Gasteiger partial charge in [0.1, 0.15) is 17.9 Å². The molecule has 0 aliphatic carbocycles. The van der Waals surface area contributed by atoms with E-state index < -0.39 is 24.0 Å². The fourth-order valence-corrected chi connectivity index (χ4v) is 5.74. The molecule has 0 radical (unpaired) electrons. The van der Waals surface area contributed by atoms with Crippen LogP contribution in [0.5, 0.6) is 0 Å². The third-order valence-electron chi connectivity index (χ3n) is 8.98. The molecule has 1 aromatic rings. The Morgan fingerprint density at radius 2 is 1.43 bits per heavy atom. The molecule has 0 fully saturated rings. The second kappa shape index (κ2) is 23.9. The number of rotatable bonds is 25. The van der Waals surface area contributed by atoms with Crippen molar-refractivity contribution in [1.29, 1.82) is 0 Å². The van der Waals surface area contributed by atoms with Gasteiger partial charge in [-0.3, -0.25) is 29.0 Å². The van der Waals surface area contributed by atoms with Gasteiger partial charge < -0.3 is 26.6 Å². The van der Waals surface area contributed by atoms with E-state index in [1.165, 1.54) is 12.4 Å². The van der Waals surface area contributed by atoms with Crippen LogP contribution in [0.4, 0.5) is 0 Å². The zero-order valence-electron chi connectivity index (χ0n) is 31.7. The summed E-state index contributed by atoms with van der Waals surface area (Å²) in [4.78, 5) is 69.6. The van der Waals surface area contributed by atoms with Crippen LogP contribution in [0.3, 0.4) is 0 Å². The molecule has 0 spiro atoms. The molecule has 0 bridgehead atoms. The molecule has 1 aromatic heterocycles. The topological polar surface area (TPSA) is 158 Å². The molecule has 0 aliphatic heterocycles. The first-order valence-corrected chi connectivity index (χ1v) is 18.6. The van der Waals surface area contributed by atoms with Crippen molar-refractivity contribution in [3.63, 3.8) is 0 Å². The largest absolute Gasteiger partial charge is 0.356 e. The SMILES string of the molecule is CCC[C@H](NC(=O)[C@@H](NC(=O)c1ccncc1)[C@@H](C)CC)C(=O)N[C@H](CN[C@@H](C)C(=O)CCC[C@@H](CCC(C)C)C(=O)NCC)CC(C)C. The Hall–Kier alpha value is -3.34. The summed E-state index contributed by atoms with van der Waals surface area (Å²) in [5.74, 6) is -0.365. The van der Waals surface area contributed by atoms with Gasteiger partial charge in [0, 0.05) is 49.4 Å². The molecule has 11 nitrogen and oxygen atoms in total. The molecule has 0 unspecified atom stereocenters. The maximum absolute atomic E-state index is 13.6. The van der Waals surface area contributed by atoms with Crippen LogP contribution in [0, 0.1) is 23.7 Å². The van der Waals surface area contributed by atoms with E-state index >= 15 is 0 Å². The van der Waals surface area contributed by atoms with Gasteiger partial charge in [-0.15, -0.1) is 0 Å². The summed E-state index contributed by atoms with van der Waals surface area (Å²) >= 11 is 0. The summed E-state index contributed by atoms with van der Waals surface area (Å²) in [5, 5.41) is 15.1. The lowest BCUT2D eigenvalue weighted by atomic mass is 9.91. The highest BCUT2D eigenvalue weighted by Gasteiger charge is 2.31. The highest BCUT2D eigenvalue weighted by molar-refractivity contribution is 5.98. The van der Waals surface area contributed by atoms with Crippen molar-refractivity contribution in [3.8, 4) is 0 Å². The van der Waals surface area contributed by atoms with Crippen LogP contribution in [-0.4, -0.2) is 71.7 Å². The van der Waals surface area contributed by atoms with Crippen molar-refractivity contribution >= 4 is 29.4 Å². The van der Waals surface area contributed by atoms with E-state index in [1.54, 1.807) is 12.1 Å². The van der Waals surface area contributed by atoms with Crippen molar-refractivity contribution < 1.29 is 24.0 Å². The molecule has 0 aromatic carbocycles. The van der Waals surface area contributed by atoms with Crippen LogP contribution in [0.15, 0.2) is 24.5 Å². The van der Waals surface area contributed by atoms with Gasteiger partial charge in [-0.2, -0.15) is 0 Å². The van der Waals surface area contributed by atoms with Crippen LogP contribution < -0.4 is 26.6 Å². The molecule has 278 valence electrons. The van der Waals surface area contributed by atoms with Gasteiger partial charge in [-0.1, -0.05) is 67.7 Å². The van der Waals surface area contributed by atoms with Crippen molar-refractivity contribution in [3.05, 3.63) is 30.1 Å². The van der Waals surface area contributed by atoms with E-state index in [9.17, 15) is 24.0 Å². The summed E-state index contributed by atoms with van der Waals surface area (Å²) in [6.07, 6.45) is 9.01. The first kappa shape index (κ1) is 43.7. The van der Waals surface area contributed by atoms with E-state index in [2.05, 4.69) is 59.3 Å². The predicted molar refractivity (Wildman–Crippen MR) is 196 cm³/mol. The van der Waals surface area contributed by atoms with Gasteiger partial charge in [0.2, 0.25) is 17.7 Å². The molecule has 0 saturated heterocycles. The summed E-state index contributed by atoms with van der Waals surface area (Å²) in [5.41, 5.74) is 0.404. The number of aromatic nitrogens is 1.